The molecule has 23 heavy (non-hydrogen) atoms. The molecule has 0 bridgehead atoms. The van der Waals surface area contributed by atoms with E-state index >= 15 is 0 Å². The summed E-state index contributed by atoms with van der Waals surface area (Å²) in [6, 6.07) is 0. The number of hydrogen-bond acceptors (Lipinski definition) is 3. The monoisotopic (exact) mass is 355 g/mol. The Morgan fingerprint density at radius 1 is 1.39 bits per heavy atom. The molecule has 126 valence electrons. The summed E-state index contributed by atoms with van der Waals surface area (Å²) in [6.07, 6.45) is -5.18. The summed E-state index contributed by atoms with van der Waals surface area (Å²) >= 11 is 5.54. The molecule has 2 atom stereocenters. The van der Waals surface area contributed by atoms with Gasteiger partial charge in [-0.05, 0) is 6.08 Å². The molecule has 10 heteroatoms. The lowest BCUT2D eigenvalue weighted by atomic mass is 9.88. The zero-order valence-electron chi connectivity index (χ0n) is 11.6. The molecule has 2 unspecified atom stereocenters. The highest BCUT2D eigenvalue weighted by Crippen LogP contribution is 2.29. The van der Waals surface area contributed by atoms with Gasteiger partial charge in [-0.3, -0.25) is 4.79 Å². The molecule has 0 aliphatic heterocycles. The van der Waals surface area contributed by atoms with Gasteiger partial charge >= 0.3 is 12.1 Å². The van der Waals surface area contributed by atoms with Gasteiger partial charge in [-0.15, -0.1) is 0 Å². The first-order chi connectivity index (χ1) is 10.5. The maximum absolute atomic E-state index is 13.9. The van der Waals surface area contributed by atoms with Crippen molar-refractivity contribution in [1.82, 2.24) is 0 Å². The van der Waals surface area contributed by atoms with Crippen LogP contribution >= 0.6 is 11.6 Å². The number of allylic oxidation sites excluding steroid dienone is 4. The zero-order valence-corrected chi connectivity index (χ0v) is 12.4. The second-order valence-electron chi connectivity index (χ2n) is 4.53. The van der Waals surface area contributed by atoms with E-state index in [-0.39, 0.29) is 6.08 Å². The van der Waals surface area contributed by atoms with Gasteiger partial charge < -0.3 is 15.8 Å². The Balaban J connectivity index is 3.12. The van der Waals surface area contributed by atoms with E-state index in [1.54, 1.807) is 0 Å². The maximum atomic E-state index is 13.9. The van der Waals surface area contributed by atoms with Crippen LogP contribution in [0.5, 0.6) is 0 Å². The topological polar surface area (TPSA) is 94.8 Å². The van der Waals surface area contributed by atoms with Crippen LogP contribution in [-0.2, 0) is 9.59 Å². The summed E-state index contributed by atoms with van der Waals surface area (Å²) in [5.74, 6) is -4.49. The normalized spacial score (nSPS) is 22.3. The molecule has 1 aliphatic rings. The van der Waals surface area contributed by atoms with Gasteiger partial charge in [0.1, 0.15) is 6.17 Å². The standard InChI is InChI=1S/C13H11ClF4N2O3/c1-20-10(13(16,17)18)4-9(21)11(19)6-2-5(12(22)23)7(14)3-8(6)15/h2-4,6,8,19-20H,1H3,(H,22,23)/p+1/b10-4-,19-11?. The number of alkyl halides is 4. The Kier molecular flexibility index (Phi) is 5.84. The van der Waals surface area contributed by atoms with Gasteiger partial charge in [-0.2, -0.15) is 13.2 Å². The van der Waals surface area contributed by atoms with Crippen LogP contribution in [-0.4, -0.2) is 42.0 Å². The summed E-state index contributed by atoms with van der Waals surface area (Å²) < 4.78 is 51.6. The van der Waals surface area contributed by atoms with Crippen LogP contribution < -0.4 is 5.32 Å². The average Bonchev–Trinajstić information content (AvgIpc) is 2.42. The van der Waals surface area contributed by atoms with Crippen molar-refractivity contribution in [1.29, 1.82) is 5.41 Å². The van der Waals surface area contributed by atoms with Crippen molar-refractivity contribution in [2.75, 3.05) is 7.05 Å². The van der Waals surface area contributed by atoms with Crippen LogP contribution in [0.15, 0.2) is 34.5 Å². The Labute approximate surface area is 132 Å². The van der Waals surface area contributed by atoms with Gasteiger partial charge in [-0.1, -0.05) is 17.7 Å². The summed E-state index contributed by atoms with van der Waals surface area (Å²) in [6.45, 7) is 0. The van der Waals surface area contributed by atoms with Crippen LogP contribution in [0.3, 0.4) is 0 Å². The van der Waals surface area contributed by atoms with Gasteiger partial charge in [0.15, 0.2) is 0 Å². The Bertz CT molecular complexity index is 638. The molecule has 0 aromatic heterocycles. The molecule has 0 saturated carbocycles. The van der Waals surface area contributed by atoms with Crippen molar-refractivity contribution in [3.05, 3.63) is 34.5 Å². The minimum absolute atomic E-state index is 0.170. The van der Waals surface area contributed by atoms with Crippen LogP contribution in [0.2, 0.25) is 0 Å². The lowest BCUT2D eigenvalue weighted by Gasteiger charge is -2.20. The lowest BCUT2D eigenvalue weighted by Crippen LogP contribution is -2.80. The molecule has 0 heterocycles. The quantitative estimate of drug-likeness (QED) is 0.394. The van der Waals surface area contributed by atoms with E-state index in [1.165, 1.54) is 0 Å². The van der Waals surface area contributed by atoms with E-state index in [0.29, 0.717) is 11.4 Å². The Hall–Kier alpha value is -2.00. The van der Waals surface area contributed by atoms with E-state index in [4.69, 9.17) is 22.1 Å². The number of nitrogens with two attached hydrogens (primary N) is 1. The first-order valence-corrected chi connectivity index (χ1v) is 6.54. The van der Waals surface area contributed by atoms with Gasteiger partial charge in [0, 0.05) is 0 Å². The van der Waals surface area contributed by atoms with Crippen LogP contribution in [0, 0.1) is 11.3 Å². The Morgan fingerprint density at radius 3 is 2.39 bits per heavy atom. The molecule has 0 aromatic rings. The SMILES string of the molecule is C[NH2+]/C(=C\C(=O)C(=N)C1C=C(C(=O)O)C(Cl)=CC1F)C(F)(F)F. The third-order valence-corrected chi connectivity index (χ3v) is 3.34. The van der Waals surface area contributed by atoms with Crippen molar-refractivity contribution in [3.63, 3.8) is 0 Å². The molecular formula is C13H12ClF4N2O3+. The molecule has 0 amide bonds. The minimum Gasteiger partial charge on any atom is -0.478 e. The fraction of sp³-hybridized carbons (Fsp3) is 0.308. The van der Waals surface area contributed by atoms with Crippen molar-refractivity contribution in [2.24, 2.45) is 5.92 Å². The number of nitrogens with one attached hydrogen (secondary N) is 1. The molecule has 0 fully saturated rings. The second-order valence-corrected chi connectivity index (χ2v) is 4.94. The average molecular weight is 356 g/mol. The third-order valence-electron chi connectivity index (χ3n) is 3.01. The van der Waals surface area contributed by atoms with Crippen LogP contribution in [0.4, 0.5) is 17.6 Å². The fourth-order valence-corrected chi connectivity index (χ4v) is 2.08. The molecule has 4 N–H and O–H groups in total. The van der Waals surface area contributed by atoms with Crippen LogP contribution in [0.25, 0.3) is 0 Å². The van der Waals surface area contributed by atoms with E-state index in [9.17, 15) is 27.2 Å². The summed E-state index contributed by atoms with van der Waals surface area (Å²) in [4.78, 5) is 22.7. The predicted octanol–water partition coefficient (Wildman–Crippen LogP) is 1.32. The van der Waals surface area contributed by atoms with E-state index < -0.39 is 52.0 Å². The number of carboxylic acids is 1. The molecular weight excluding hydrogens is 344 g/mol. The van der Waals surface area contributed by atoms with Crippen molar-refractivity contribution in [3.8, 4) is 0 Å². The maximum Gasteiger partial charge on any atom is 0.466 e. The van der Waals surface area contributed by atoms with Crippen molar-refractivity contribution < 1.29 is 37.6 Å². The number of hydrogen-bond donors (Lipinski definition) is 3. The number of rotatable bonds is 5. The number of carboxylic acid groups (broad SMARTS) is 1. The second kappa shape index (κ2) is 7.05. The number of carbonyl (C=O) groups is 2. The van der Waals surface area contributed by atoms with Crippen molar-refractivity contribution >= 4 is 29.1 Å². The predicted molar refractivity (Wildman–Crippen MR) is 72.8 cm³/mol. The summed E-state index contributed by atoms with van der Waals surface area (Å²) in [5.41, 5.74) is -2.81. The van der Waals surface area contributed by atoms with E-state index in [0.717, 1.165) is 13.1 Å². The molecule has 1 aliphatic carbocycles. The zero-order chi connectivity index (χ0) is 17.9. The molecule has 0 saturated heterocycles. The molecule has 0 spiro atoms. The first-order valence-electron chi connectivity index (χ1n) is 6.17. The highest BCUT2D eigenvalue weighted by molar-refractivity contribution is 6.44. The molecule has 0 aromatic carbocycles. The van der Waals surface area contributed by atoms with Crippen molar-refractivity contribution in [2.45, 2.75) is 12.3 Å². The van der Waals surface area contributed by atoms with E-state index in [1.807, 2.05) is 0 Å². The molecule has 5 nitrogen and oxygen atoms in total. The molecule has 0 radical (unpaired) electrons. The number of aliphatic carboxylic acids is 1. The van der Waals surface area contributed by atoms with Gasteiger partial charge in [0.2, 0.25) is 11.5 Å². The van der Waals surface area contributed by atoms with Gasteiger partial charge in [0.05, 0.1) is 35.4 Å². The number of carbonyl (C=O) groups excluding carboxylic acids is 1. The first kappa shape index (κ1) is 19.0. The third kappa shape index (κ3) is 4.49. The van der Waals surface area contributed by atoms with Gasteiger partial charge in [-0.25, -0.2) is 9.18 Å². The highest BCUT2D eigenvalue weighted by Gasteiger charge is 2.39. The smallest absolute Gasteiger partial charge is 0.466 e. The minimum atomic E-state index is -4.79. The number of quaternary nitrogens is 1. The van der Waals surface area contributed by atoms with Gasteiger partial charge in [0.25, 0.3) is 0 Å². The van der Waals surface area contributed by atoms with E-state index in [2.05, 4.69) is 0 Å². The molecule has 1 rings (SSSR count). The largest absolute Gasteiger partial charge is 0.478 e. The summed E-state index contributed by atoms with van der Waals surface area (Å²) in [7, 11) is 1.06. The number of ketones is 1. The number of halogens is 5. The Morgan fingerprint density at radius 2 is 1.96 bits per heavy atom. The summed E-state index contributed by atoms with van der Waals surface area (Å²) in [5, 5.41) is 16.7. The highest BCUT2D eigenvalue weighted by atomic mass is 35.5. The van der Waals surface area contributed by atoms with Crippen LogP contribution in [0.1, 0.15) is 0 Å². The fourth-order valence-electron chi connectivity index (χ4n) is 1.81. The lowest BCUT2D eigenvalue weighted by molar-refractivity contribution is -0.597.